The van der Waals surface area contributed by atoms with Crippen LogP contribution in [0.25, 0.3) is 0 Å². The Balaban J connectivity index is 2.89. The highest BCUT2D eigenvalue weighted by Gasteiger charge is 2.06. The summed E-state index contributed by atoms with van der Waals surface area (Å²) in [6.07, 6.45) is -1.04. The molecule has 0 aliphatic rings. The van der Waals surface area contributed by atoms with Crippen LogP contribution < -0.4 is 0 Å². The van der Waals surface area contributed by atoms with Crippen LogP contribution in [0.1, 0.15) is 12.1 Å². The van der Waals surface area contributed by atoms with Crippen LogP contribution in [0.4, 0.5) is 8.78 Å². The molecule has 10 heavy (non-hydrogen) atoms. The molecule has 0 saturated heterocycles. The van der Waals surface area contributed by atoms with Crippen molar-refractivity contribution >= 4 is 22.6 Å². The molecule has 4 heteroatoms. The Morgan fingerprint density at radius 3 is 2.50 bits per heavy atom. The first-order valence-electron chi connectivity index (χ1n) is 2.60. The summed E-state index contributed by atoms with van der Waals surface area (Å²) in [5, 5.41) is 0. The van der Waals surface area contributed by atoms with Crippen molar-refractivity contribution in [2.24, 2.45) is 0 Å². The number of halogens is 3. The maximum absolute atomic E-state index is 11.8. The fraction of sp³-hybridized carbons (Fsp3) is 0.167. The molecule has 0 saturated carbocycles. The summed E-state index contributed by atoms with van der Waals surface area (Å²) < 4.78 is 24.5. The molecule has 0 bridgehead atoms. The number of hydrogen-bond donors (Lipinski definition) is 0. The molecule has 0 amide bonds. The van der Waals surface area contributed by atoms with E-state index in [1.807, 2.05) is 22.6 Å². The molecule has 1 nitrogen and oxygen atoms in total. The third-order valence-electron chi connectivity index (χ3n) is 0.974. The summed E-state index contributed by atoms with van der Waals surface area (Å²) in [6, 6.07) is 2.93. The van der Waals surface area contributed by atoms with Crippen molar-refractivity contribution in [3.8, 4) is 0 Å². The summed E-state index contributed by atoms with van der Waals surface area (Å²) in [6.45, 7) is 0. The van der Waals surface area contributed by atoms with Gasteiger partial charge in [0, 0.05) is 9.77 Å². The van der Waals surface area contributed by atoms with E-state index >= 15 is 0 Å². The topological polar surface area (TPSA) is 12.9 Å². The van der Waals surface area contributed by atoms with Crippen LogP contribution in [0.15, 0.2) is 18.3 Å². The molecule has 0 unspecified atom stereocenters. The lowest BCUT2D eigenvalue weighted by Crippen LogP contribution is -1.88. The number of rotatable bonds is 1. The third-order valence-corrected chi connectivity index (χ3v) is 1.61. The molecular weight excluding hydrogens is 251 g/mol. The van der Waals surface area contributed by atoms with Crippen LogP contribution in [-0.4, -0.2) is 4.98 Å². The van der Waals surface area contributed by atoms with Gasteiger partial charge in [0.05, 0.1) is 0 Å². The first-order chi connectivity index (χ1) is 4.70. The van der Waals surface area contributed by atoms with Gasteiger partial charge in [0.1, 0.15) is 5.69 Å². The van der Waals surface area contributed by atoms with E-state index in [1.54, 1.807) is 6.07 Å². The van der Waals surface area contributed by atoms with Crippen molar-refractivity contribution in [2.75, 3.05) is 0 Å². The Morgan fingerprint density at radius 1 is 1.40 bits per heavy atom. The van der Waals surface area contributed by atoms with E-state index in [-0.39, 0.29) is 5.69 Å². The average molecular weight is 255 g/mol. The fourth-order valence-electron chi connectivity index (χ4n) is 0.516. The first kappa shape index (κ1) is 7.84. The molecule has 0 aliphatic carbocycles. The second-order valence-electron chi connectivity index (χ2n) is 1.70. The zero-order chi connectivity index (χ0) is 7.56. The van der Waals surface area contributed by atoms with Gasteiger partial charge in [0.2, 0.25) is 0 Å². The quantitative estimate of drug-likeness (QED) is 0.703. The summed E-state index contributed by atoms with van der Waals surface area (Å²) in [5.74, 6) is 0. The highest BCUT2D eigenvalue weighted by Crippen LogP contribution is 2.15. The van der Waals surface area contributed by atoms with E-state index in [4.69, 9.17) is 0 Å². The van der Waals surface area contributed by atoms with Gasteiger partial charge in [0.25, 0.3) is 6.43 Å². The highest BCUT2D eigenvalue weighted by molar-refractivity contribution is 14.1. The molecule has 1 aromatic heterocycles. The molecule has 0 atom stereocenters. The Labute approximate surface area is 70.6 Å². The molecular formula is C6H4F2IN. The summed E-state index contributed by atoms with van der Waals surface area (Å²) in [5.41, 5.74) is -0.166. The van der Waals surface area contributed by atoms with Crippen molar-refractivity contribution < 1.29 is 8.78 Å². The number of hydrogen-bond acceptors (Lipinski definition) is 1. The molecule has 1 aromatic rings. The highest BCUT2D eigenvalue weighted by atomic mass is 127. The maximum atomic E-state index is 11.8. The van der Waals surface area contributed by atoms with E-state index in [0.717, 1.165) is 3.57 Å². The van der Waals surface area contributed by atoms with E-state index in [0.29, 0.717) is 0 Å². The standard InChI is InChI=1S/C6H4F2IN/c7-6(8)5-2-1-4(9)3-10-5/h1-3,6H. The summed E-state index contributed by atoms with van der Waals surface area (Å²) in [7, 11) is 0. The SMILES string of the molecule is FC(F)c1ccc(I)cn1. The van der Waals surface area contributed by atoms with Crippen LogP contribution in [0.2, 0.25) is 0 Å². The van der Waals surface area contributed by atoms with Crippen molar-refractivity contribution in [1.29, 1.82) is 0 Å². The molecule has 0 N–H and O–H groups in total. The number of nitrogens with zero attached hydrogens (tertiary/aromatic N) is 1. The minimum absolute atomic E-state index is 0.166. The Hall–Kier alpha value is -0.260. The van der Waals surface area contributed by atoms with Crippen LogP contribution in [-0.2, 0) is 0 Å². The zero-order valence-corrected chi connectivity index (χ0v) is 7.05. The average Bonchev–Trinajstić information content (AvgIpc) is 1.88. The Kier molecular flexibility index (Phi) is 2.53. The predicted octanol–water partition coefficient (Wildman–Crippen LogP) is 2.62. The van der Waals surface area contributed by atoms with Crippen molar-refractivity contribution in [3.63, 3.8) is 0 Å². The lowest BCUT2D eigenvalue weighted by Gasteiger charge is -1.95. The van der Waals surface area contributed by atoms with Crippen molar-refractivity contribution in [3.05, 3.63) is 27.6 Å². The van der Waals surface area contributed by atoms with Crippen molar-refractivity contribution in [1.82, 2.24) is 4.98 Å². The monoisotopic (exact) mass is 255 g/mol. The van der Waals surface area contributed by atoms with Crippen LogP contribution in [0.3, 0.4) is 0 Å². The van der Waals surface area contributed by atoms with Gasteiger partial charge in [-0.1, -0.05) is 0 Å². The molecule has 0 radical (unpaired) electrons. The van der Waals surface area contributed by atoms with Gasteiger partial charge in [-0.2, -0.15) is 0 Å². The third kappa shape index (κ3) is 1.86. The van der Waals surface area contributed by atoms with Crippen LogP contribution in [0, 0.1) is 3.57 Å². The van der Waals surface area contributed by atoms with Gasteiger partial charge < -0.3 is 0 Å². The van der Waals surface area contributed by atoms with Gasteiger partial charge >= 0.3 is 0 Å². The van der Waals surface area contributed by atoms with Crippen LogP contribution >= 0.6 is 22.6 Å². The molecule has 0 aromatic carbocycles. The smallest absolute Gasteiger partial charge is 0.254 e. The second kappa shape index (κ2) is 3.23. The van der Waals surface area contributed by atoms with Gasteiger partial charge in [-0.25, -0.2) is 8.78 Å². The minimum Gasteiger partial charge on any atom is -0.254 e. The van der Waals surface area contributed by atoms with Gasteiger partial charge in [-0.3, -0.25) is 4.98 Å². The Morgan fingerprint density at radius 2 is 2.10 bits per heavy atom. The van der Waals surface area contributed by atoms with Crippen LogP contribution in [0.5, 0.6) is 0 Å². The normalized spacial score (nSPS) is 10.4. The fourth-order valence-corrected chi connectivity index (χ4v) is 0.835. The van der Waals surface area contributed by atoms with E-state index in [2.05, 4.69) is 4.98 Å². The van der Waals surface area contributed by atoms with Gasteiger partial charge in [-0.15, -0.1) is 0 Å². The molecule has 54 valence electrons. The zero-order valence-electron chi connectivity index (χ0n) is 4.89. The van der Waals surface area contributed by atoms with Crippen molar-refractivity contribution in [2.45, 2.75) is 6.43 Å². The summed E-state index contributed by atoms with van der Waals surface area (Å²) in [4.78, 5) is 3.52. The van der Waals surface area contributed by atoms with Gasteiger partial charge in [-0.05, 0) is 34.7 Å². The summed E-state index contributed by atoms with van der Waals surface area (Å²) >= 11 is 2.01. The second-order valence-corrected chi connectivity index (χ2v) is 2.95. The lowest BCUT2D eigenvalue weighted by atomic mass is 10.4. The Bertz CT molecular complexity index is 209. The minimum atomic E-state index is -2.46. The number of pyridine rings is 1. The molecule has 1 rings (SSSR count). The molecule has 1 heterocycles. The first-order valence-corrected chi connectivity index (χ1v) is 3.67. The molecule has 0 fully saturated rings. The maximum Gasteiger partial charge on any atom is 0.280 e. The number of aromatic nitrogens is 1. The van der Waals surface area contributed by atoms with E-state index in [1.165, 1.54) is 12.3 Å². The molecule has 0 aliphatic heterocycles. The predicted molar refractivity (Wildman–Crippen MR) is 41.9 cm³/mol. The largest absolute Gasteiger partial charge is 0.280 e. The van der Waals surface area contributed by atoms with E-state index in [9.17, 15) is 8.78 Å². The van der Waals surface area contributed by atoms with Gasteiger partial charge in [0.15, 0.2) is 0 Å². The number of alkyl halides is 2. The lowest BCUT2D eigenvalue weighted by molar-refractivity contribution is 0.146. The van der Waals surface area contributed by atoms with E-state index < -0.39 is 6.43 Å². The molecule has 0 spiro atoms.